The Hall–Kier alpha value is -2.12. The molecule has 1 aromatic carbocycles. The minimum Gasteiger partial charge on any atom is -0.399 e. The molecule has 20 heavy (non-hydrogen) atoms. The van der Waals surface area contributed by atoms with Crippen molar-refractivity contribution in [1.82, 2.24) is 4.98 Å². The number of primary sulfonamides is 1. The average molecular weight is 292 g/mol. The first-order chi connectivity index (χ1) is 9.36. The van der Waals surface area contributed by atoms with Crippen molar-refractivity contribution in [3.8, 4) is 0 Å². The number of sulfonamides is 1. The summed E-state index contributed by atoms with van der Waals surface area (Å²) in [6, 6.07) is 6.35. The molecule has 0 saturated heterocycles. The molecule has 0 atom stereocenters. The van der Waals surface area contributed by atoms with Gasteiger partial charge in [0.05, 0.1) is 4.90 Å². The minimum absolute atomic E-state index is 0.0112. The summed E-state index contributed by atoms with van der Waals surface area (Å²) in [7, 11) is -3.77. The zero-order valence-corrected chi connectivity index (χ0v) is 11.8. The molecule has 106 valence electrons. The summed E-state index contributed by atoms with van der Waals surface area (Å²) >= 11 is 0. The Morgan fingerprint density at radius 2 is 2.05 bits per heavy atom. The number of hydrogen-bond acceptors (Lipinski definition) is 5. The summed E-state index contributed by atoms with van der Waals surface area (Å²) in [6.45, 7) is 2.50. The normalized spacial score (nSPS) is 11.3. The Labute approximate surface area is 117 Å². The third-order valence-electron chi connectivity index (χ3n) is 2.89. The molecule has 2 rings (SSSR count). The fourth-order valence-electron chi connectivity index (χ4n) is 1.77. The van der Waals surface area contributed by atoms with E-state index in [1.807, 2.05) is 13.0 Å². The van der Waals surface area contributed by atoms with Crippen molar-refractivity contribution in [2.75, 3.05) is 11.1 Å². The Morgan fingerprint density at radius 1 is 1.30 bits per heavy atom. The number of nitrogens with zero attached hydrogens (tertiary/aromatic N) is 1. The average Bonchev–Trinajstić information content (AvgIpc) is 2.36. The van der Waals surface area contributed by atoms with Gasteiger partial charge in [-0.05, 0) is 42.3 Å². The quantitative estimate of drug-likeness (QED) is 0.734. The number of nitrogens with two attached hydrogens (primary N) is 2. The van der Waals surface area contributed by atoms with Crippen molar-refractivity contribution >= 4 is 21.4 Å². The third kappa shape index (κ3) is 3.46. The second-order valence-electron chi connectivity index (χ2n) is 4.49. The molecule has 7 heteroatoms. The van der Waals surface area contributed by atoms with Gasteiger partial charge in [-0.2, -0.15) is 0 Å². The summed E-state index contributed by atoms with van der Waals surface area (Å²) in [4.78, 5) is 4.04. The summed E-state index contributed by atoms with van der Waals surface area (Å²) in [5, 5.41) is 8.22. The number of pyridine rings is 1. The van der Waals surface area contributed by atoms with E-state index in [1.165, 1.54) is 12.1 Å². The highest BCUT2D eigenvalue weighted by atomic mass is 32.2. The molecule has 0 aliphatic heterocycles. The van der Waals surface area contributed by atoms with E-state index >= 15 is 0 Å². The van der Waals surface area contributed by atoms with E-state index in [1.54, 1.807) is 18.5 Å². The number of aryl methyl sites for hydroxylation is 1. The van der Waals surface area contributed by atoms with Gasteiger partial charge in [0, 0.05) is 30.3 Å². The highest BCUT2D eigenvalue weighted by molar-refractivity contribution is 7.89. The number of rotatable bonds is 4. The van der Waals surface area contributed by atoms with Crippen molar-refractivity contribution in [2.24, 2.45) is 5.14 Å². The summed E-state index contributed by atoms with van der Waals surface area (Å²) < 4.78 is 22.7. The molecule has 6 nitrogen and oxygen atoms in total. The van der Waals surface area contributed by atoms with Gasteiger partial charge in [0.15, 0.2) is 0 Å². The van der Waals surface area contributed by atoms with Gasteiger partial charge in [0.1, 0.15) is 0 Å². The van der Waals surface area contributed by atoms with Crippen LogP contribution >= 0.6 is 0 Å². The van der Waals surface area contributed by atoms with Crippen LogP contribution in [0.25, 0.3) is 0 Å². The molecule has 0 spiro atoms. The van der Waals surface area contributed by atoms with E-state index < -0.39 is 10.0 Å². The van der Waals surface area contributed by atoms with E-state index in [9.17, 15) is 8.42 Å². The van der Waals surface area contributed by atoms with Gasteiger partial charge in [0.2, 0.25) is 10.0 Å². The lowest BCUT2D eigenvalue weighted by Gasteiger charge is -2.10. The largest absolute Gasteiger partial charge is 0.399 e. The van der Waals surface area contributed by atoms with Crippen molar-refractivity contribution in [2.45, 2.75) is 18.4 Å². The molecule has 0 aliphatic carbocycles. The summed E-state index contributed by atoms with van der Waals surface area (Å²) in [5.41, 5.74) is 8.73. The molecule has 1 heterocycles. The summed E-state index contributed by atoms with van der Waals surface area (Å²) in [5.74, 6) is 0. The van der Waals surface area contributed by atoms with Gasteiger partial charge in [-0.1, -0.05) is 0 Å². The zero-order valence-electron chi connectivity index (χ0n) is 11.0. The van der Waals surface area contributed by atoms with E-state index in [-0.39, 0.29) is 4.90 Å². The molecular formula is C13H16N4O2S. The molecule has 0 fully saturated rings. The van der Waals surface area contributed by atoms with E-state index in [4.69, 9.17) is 10.9 Å². The number of nitrogen functional groups attached to an aromatic ring is 1. The van der Waals surface area contributed by atoms with Crippen LogP contribution in [-0.2, 0) is 16.6 Å². The second kappa shape index (κ2) is 5.48. The molecule has 2 aromatic rings. The van der Waals surface area contributed by atoms with Crippen molar-refractivity contribution in [3.63, 3.8) is 0 Å². The zero-order chi connectivity index (χ0) is 14.8. The predicted molar refractivity (Wildman–Crippen MR) is 78.5 cm³/mol. The highest BCUT2D eigenvalue weighted by Crippen LogP contribution is 2.20. The molecule has 5 N–H and O–H groups in total. The van der Waals surface area contributed by atoms with E-state index in [0.717, 1.165) is 11.1 Å². The van der Waals surface area contributed by atoms with Crippen molar-refractivity contribution < 1.29 is 8.42 Å². The Kier molecular flexibility index (Phi) is 3.91. The Bertz CT molecular complexity index is 729. The molecule has 0 bridgehead atoms. The molecule has 0 saturated carbocycles. The standard InChI is InChI=1S/C13H16N4O2S/c1-9-2-3-16-7-10(9)8-17-12-4-11(14)5-13(6-12)20(15,18)19/h2-7,17H,8,14H2,1H3,(H2,15,18,19). The van der Waals surface area contributed by atoms with Crippen molar-refractivity contribution in [1.29, 1.82) is 0 Å². The van der Waals surface area contributed by atoms with Gasteiger partial charge in [-0.15, -0.1) is 0 Å². The SMILES string of the molecule is Cc1ccncc1CNc1cc(N)cc(S(N)(=O)=O)c1. The van der Waals surface area contributed by atoms with E-state index in [2.05, 4.69) is 10.3 Å². The number of hydrogen-bond donors (Lipinski definition) is 3. The lowest BCUT2D eigenvalue weighted by molar-refractivity contribution is 0.598. The Morgan fingerprint density at radius 3 is 2.70 bits per heavy atom. The fourth-order valence-corrected chi connectivity index (χ4v) is 2.36. The van der Waals surface area contributed by atoms with Gasteiger partial charge in [-0.25, -0.2) is 13.6 Å². The molecule has 1 aromatic heterocycles. The van der Waals surface area contributed by atoms with Crippen LogP contribution in [0.15, 0.2) is 41.6 Å². The number of nitrogens with one attached hydrogen (secondary N) is 1. The van der Waals surface area contributed by atoms with Crippen molar-refractivity contribution in [3.05, 3.63) is 47.8 Å². The van der Waals surface area contributed by atoms with Crippen LogP contribution in [0.2, 0.25) is 0 Å². The van der Waals surface area contributed by atoms with Gasteiger partial charge >= 0.3 is 0 Å². The first-order valence-corrected chi connectivity index (χ1v) is 7.47. The van der Waals surface area contributed by atoms with Gasteiger partial charge in [-0.3, -0.25) is 4.98 Å². The lowest BCUT2D eigenvalue weighted by Crippen LogP contribution is -2.13. The molecule has 0 aliphatic rings. The molecule has 0 amide bonds. The number of benzene rings is 1. The van der Waals surface area contributed by atoms with Crippen LogP contribution in [0, 0.1) is 6.92 Å². The maximum Gasteiger partial charge on any atom is 0.238 e. The third-order valence-corrected chi connectivity index (χ3v) is 3.78. The highest BCUT2D eigenvalue weighted by Gasteiger charge is 2.10. The first kappa shape index (κ1) is 14.3. The maximum absolute atomic E-state index is 11.4. The van der Waals surface area contributed by atoms with Crippen LogP contribution in [0.5, 0.6) is 0 Å². The molecular weight excluding hydrogens is 276 g/mol. The molecule has 0 unspecified atom stereocenters. The monoisotopic (exact) mass is 292 g/mol. The van der Waals surface area contributed by atoms with Crippen LogP contribution in [0.3, 0.4) is 0 Å². The van der Waals surface area contributed by atoms with Gasteiger partial charge < -0.3 is 11.1 Å². The predicted octanol–water partition coefficient (Wildman–Crippen LogP) is 1.23. The van der Waals surface area contributed by atoms with E-state index in [0.29, 0.717) is 17.9 Å². The smallest absolute Gasteiger partial charge is 0.238 e. The van der Waals surface area contributed by atoms with Crippen LogP contribution < -0.4 is 16.2 Å². The van der Waals surface area contributed by atoms with Crippen LogP contribution in [0.1, 0.15) is 11.1 Å². The minimum atomic E-state index is -3.77. The molecule has 0 radical (unpaired) electrons. The number of anilines is 2. The second-order valence-corrected chi connectivity index (χ2v) is 6.05. The Balaban J connectivity index is 2.22. The fraction of sp³-hybridized carbons (Fsp3) is 0.154. The van der Waals surface area contributed by atoms with Gasteiger partial charge in [0.25, 0.3) is 0 Å². The number of aromatic nitrogens is 1. The topological polar surface area (TPSA) is 111 Å². The van der Waals surface area contributed by atoms with Crippen LogP contribution in [-0.4, -0.2) is 13.4 Å². The lowest BCUT2D eigenvalue weighted by atomic mass is 10.1. The maximum atomic E-state index is 11.4. The summed E-state index contributed by atoms with van der Waals surface area (Å²) in [6.07, 6.45) is 3.48. The van der Waals surface area contributed by atoms with Crippen LogP contribution in [0.4, 0.5) is 11.4 Å². The first-order valence-electron chi connectivity index (χ1n) is 5.93.